The van der Waals surface area contributed by atoms with E-state index in [2.05, 4.69) is 13.8 Å². The lowest BCUT2D eigenvalue weighted by Gasteiger charge is -2.38. The molecule has 0 heterocycles. The van der Waals surface area contributed by atoms with Crippen LogP contribution in [0, 0.1) is 5.92 Å². The molecule has 94 valence electrons. The van der Waals surface area contributed by atoms with Crippen molar-refractivity contribution in [1.82, 2.24) is 0 Å². The van der Waals surface area contributed by atoms with Crippen molar-refractivity contribution < 1.29 is 19.7 Å². The second kappa shape index (κ2) is 5.64. The van der Waals surface area contributed by atoms with Crippen molar-refractivity contribution in [3.8, 4) is 0 Å². The molecular formula is C12H22O4. The SMILES string of the molecule is CC(C)CC1(OC(=O)C(O)O)CCCCC1. The van der Waals surface area contributed by atoms with Gasteiger partial charge in [0.1, 0.15) is 5.60 Å². The first-order chi connectivity index (χ1) is 7.45. The van der Waals surface area contributed by atoms with Gasteiger partial charge in [-0.15, -0.1) is 0 Å². The van der Waals surface area contributed by atoms with Gasteiger partial charge < -0.3 is 14.9 Å². The van der Waals surface area contributed by atoms with Gasteiger partial charge in [0.15, 0.2) is 0 Å². The van der Waals surface area contributed by atoms with E-state index in [9.17, 15) is 4.79 Å². The molecule has 0 amide bonds. The lowest BCUT2D eigenvalue weighted by atomic mass is 9.79. The Morgan fingerprint density at radius 2 is 1.81 bits per heavy atom. The number of rotatable bonds is 4. The van der Waals surface area contributed by atoms with Gasteiger partial charge in [0, 0.05) is 0 Å². The normalized spacial score (nSPS) is 20.1. The van der Waals surface area contributed by atoms with Gasteiger partial charge in [-0.05, 0) is 38.0 Å². The number of aliphatic hydroxyl groups excluding tert-OH is 1. The fourth-order valence-electron chi connectivity index (χ4n) is 2.55. The Morgan fingerprint density at radius 3 is 2.25 bits per heavy atom. The summed E-state index contributed by atoms with van der Waals surface area (Å²) in [4.78, 5) is 11.3. The van der Waals surface area contributed by atoms with E-state index < -0.39 is 17.9 Å². The average molecular weight is 230 g/mol. The van der Waals surface area contributed by atoms with E-state index in [1.54, 1.807) is 0 Å². The predicted octanol–water partition coefficient (Wildman–Crippen LogP) is 1.59. The smallest absolute Gasteiger partial charge is 0.363 e. The van der Waals surface area contributed by atoms with Gasteiger partial charge in [0.05, 0.1) is 0 Å². The number of hydrogen-bond acceptors (Lipinski definition) is 4. The summed E-state index contributed by atoms with van der Waals surface area (Å²) in [5, 5.41) is 17.6. The number of ether oxygens (including phenoxy) is 1. The second-order valence-corrected chi connectivity index (χ2v) is 5.14. The zero-order valence-electron chi connectivity index (χ0n) is 10.1. The van der Waals surface area contributed by atoms with Crippen LogP contribution in [0.5, 0.6) is 0 Å². The lowest BCUT2D eigenvalue weighted by Crippen LogP contribution is -2.41. The fourth-order valence-corrected chi connectivity index (χ4v) is 2.55. The molecule has 0 atom stereocenters. The summed E-state index contributed by atoms with van der Waals surface area (Å²) in [6, 6.07) is 0. The predicted molar refractivity (Wildman–Crippen MR) is 59.6 cm³/mol. The molecule has 1 aliphatic carbocycles. The highest BCUT2D eigenvalue weighted by atomic mass is 16.6. The first kappa shape index (κ1) is 13.5. The molecule has 2 N–H and O–H groups in total. The summed E-state index contributed by atoms with van der Waals surface area (Å²) in [5.41, 5.74) is -0.465. The van der Waals surface area contributed by atoms with Gasteiger partial charge in [-0.2, -0.15) is 0 Å². The van der Waals surface area contributed by atoms with Crippen molar-refractivity contribution >= 4 is 5.97 Å². The van der Waals surface area contributed by atoms with Crippen LogP contribution < -0.4 is 0 Å². The van der Waals surface area contributed by atoms with Crippen LogP contribution in [0.1, 0.15) is 52.4 Å². The zero-order valence-corrected chi connectivity index (χ0v) is 10.1. The van der Waals surface area contributed by atoms with Crippen molar-refractivity contribution in [2.24, 2.45) is 5.92 Å². The van der Waals surface area contributed by atoms with E-state index >= 15 is 0 Å². The molecule has 4 heteroatoms. The number of aliphatic hydroxyl groups is 2. The topological polar surface area (TPSA) is 66.8 Å². The Kier molecular flexibility index (Phi) is 4.74. The third-order valence-electron chi connectivity index (χ3n) is 3.07. The molecule has 1 aliphatic rings. The molecule has 0 spiro atoms. The van der Waals surface area contributed by atoms with E-state index in [1.807, 2.05) is 0 Å². The molecule has 0 aliphatic heterocycles. The monoisotopic (exact) mass is 230 g/mol. The highest BCUT2D eigenvalue weighted by molar-refractivity contribution is 5.73. The highest BCUT2D eigenvalue weighted by Gasteiger charge is 2.37. The van der Waals surface area contributed by atoms with E-state index in [1.165, 1.54) is 6.42 Å². The van der Waals surface area contributed by atoms with Gasteiger partial charge in [-0.25, -0.2) is 4.79 Å². The van der Waals surface area contributed by atoms with Gasteiger partial charge >= 0.3 is 5.97 Å². The maximum absolute atomic E-state index is 11.3. The molecule has 1 saturated carbocycles. The summed E-state index contributed by atoms with van der Waals surface area (Å²) < 4.78 is 5.31. The summed E-state index contributed by atoms with van der Waals surface area (Å²) in [5.74, 6) is -0.482. The van der Waals surface area contributed by atoms with E-state index in [4.69, 9.17) is 14.9 Å². The Morgan fingerprint density at radius 1 is 1.25 bits per heavy atom. The van der Waals surface area contributed by atoms with Crippen molar-refractivity contribution in [3.63, 3.8) is 0 Å². The second-order valence-electron chi connectivity index (χ2n) is 5.14. The Hall–Kier alpha value is -0.610. The zero-order chi connectivity index (χ0) is 12.2. The third-order valence-corrected chi connectivity index (χ3v) is 3.07. The van der Waals surface area contributed by atoms with Crippen LogP contribution in [-0.2, 0) is 9.53 Å². The number of hydrogen-bond donors (Lipinski definition) is 2. The summed E-state index contributed by atoms with van der Waals surface area (Å²) in [6.45, 7) is 4.17. The Balaban J connectivity index is 2.66. The molecule has 0 radical (unpaired) electrons. The number of carbonyl (C=O) groups is 1. The van der Waals surface area contributed by atoms with Gasteiger partial charge in [0.25, 0.3) is 6.29 Å². The highest BCUT2D eigenvalue weighted by Crippen LogP contribution is 2.37. The lowest BCUT2D eigenvalue weighted by molar-refractivity contribution is -0.193. The minimum absolute atomic E-state index is 0.432. The average Bonchev–Trinajstić information content (AvgIpc) is 2.17. The molecule has 1 rings (SSSR count). The van der Waals surface area contributed by atoms with Gasteiger partial charge in [0.2, 0.25) is 0 Å². The van der Waals surface area contributed by atoms with Crippen molar-refractivity contribution in [3.05, 3.63) is 0 Å². The number of esters is 1. The minimum atomic E-state index is -2.01. The van der Waals surface area contributed by atoms with E-state index in [0.717, 1.165) is 32.1 Å². The van der Waals surface area contributed by atoms with Gasteiger partial charge in [-0.1, -0.05) is 20.3 Å². The molecule has 0 bridgehead atoms. The van der Waals surface area contributed by atoms with E-state index in [-0.39, 0.29) is 0 Å². The Bertz CT molecular complexity index is 229. The van der Waals surface area contributed by atoms with Crippen molar-refractivity contribution in [2.45, 2.75) is 64.3 Å². The van der Waals surface area contributed by atoms with Crippen LogP contribution in [0.15, 0.2) is 0 Å². The maximum atomic E-state index is 11.3. The molecule has 16 heavy (non-hydrogen) atoms. The Labute approximate surface area is 96.6 Å². The van der Waals surface area contributed by atoms with Crippen LogP contribution in [0.4, 0.5) is 0 Å². The summed E-state index contributed by atoms with van der Waals surface area (Å²) in [7, 11) is 0. The summed E-state index contributed by atoms with van der Waals surface area (Å²) >= 11 is 0. The molecular weight excluding hydrogens is 208 g/mol. The molecule has 0 unspecified atom stereocenters. The molecule has 4 nitrogen and oxygen atoms in total. The van der Waals surface area contributed by atoms with Crippen LogP contribution in [0.25, 0.3) is 0 Å². The standard InChI is InChI=1S/C12H22O4/c1-9(2)8-12(6-4-3-5-7-12)16-11(15)10(13)14/h9-10,13-14H,3-8H2,1-2H3. The molecule has 0 aromatic carbocycles. The number of carbonyl (C=O) groups excluding carboxylic acids is 1. The minimum Gasteiger partial charge on any atom is -0.455 e. The fraction of sp³-hybridized carbons (Fsp3) is 0.917. The van der Waals surface area contributed by atoms with Crippen LogP contribution >= 0.6 is 0 Å². The van der Waals surface area contributed by atoms with Crippen molar-refractivity contribution in [1.29, 1.82) is 0 Å². The van der Waals surface area contributed by atoms with Crippen molar-refractivity contribution in [2.75, 3.05) is 0 Å². The summed E-state index contributed by atoms with van der Waals surface area (Å²) in [6.07, 6.45) is 3.71. The quantitative estimate of drug-likeness (QED) is 0.568. The van der Waals surface area contributed by atoms with E-state index in [0.29, 0.717) is 5.92 Å². The molecule has 1 fully saturated rings. The van der Waals surface area contributed by atoms with Gasteiger partial charge in [-0.3, -0.25) is 0 Å². The largest absolute Gasteiger partial charge is 0.455 e. The first-order valence-electron chi connectivity index (χ1n) is 6.04. The first-order valence-corrected chi connectivity index (χ1v) is 6.04. The molecule has 0 saturated heterocycles. The van der Waals surface area contributed by atoms with Crippen LogP contribution in [-0.4, -0.2) is 28.1 Å². The van der Waals surface area contributed by atoms with Crippen LogP contribution in [0.3, 0.4) is 0 Å². The third kappa shape index (κ3) is 3.76. The maximum Gasteiger partial charge on any atom is 0.363 e. The van der Waals surface area contributed by atoms with Crippen LogP contribution in [0.2, 0.25) is 0 Å². The molecule has 0 aromatic rings. The molecule has 0 aromatic heterocycles.